The molecule has 2 fully saturated rings. The van der Waals surface area contributed by atoms with Crippen LogP contribution in [0.25, 0.3) is 0 Å². The molecule has 0 radical (unpaired) electrons. The van der Waals surface area contributed by atoms with E-state index in [1.807, 2.05) is 30.1 Å². The molecule has 4 rings (SSSR count). The number of nitrogens with zero attached hydrogens (tertiary/aromatic N) is 3. The fourth-order valence-corrected chi connectivity index (χ4v) is 3.68. The highest BCUT2D eigenvalue weighted by Crippen LogP contribution is 2.33. The molecule has 24 heavy (non-hydrogen) atoms. The van der Waals surface area contributed by atoms with Crippen LogP contribution in [0.5, 0.6) is 5.75 Å². The molecule has 3 amide bonds. The van der Waals surface area contributed by atoms with Crippen molar-refractivity contribution < 1.29 is 14.3 Å². The number of fused-ring (bicyclic) bond motifs is 2. The average molecular weight is 330 g/mol. The van der Waals surface area contributed by atoms with Crippen molar-refractivity contribution in [2.75, 3.05) is 50.1 Å². The van der Waals surface area contributed by atoms with Gasteiger partial charge in [-0.3, -0.25) is 4.79 Å². The summed E-state index contributed by atoms with van der Waals surface area (Å²) in [6.07, 6.45) is 1.46. The van der Waals surface area contributed by atoms with Crippen LogP contribution in [0.4, 0.5) is 16.2 Å². The van der Waals surface area contributed by atoms with Crippen LogP contribution in [0.1, 0.15) is 12.8 Å². The van der Waals surface area contributed by atoms with Gasteiger partial charge in [0.15, 0.2) is 0 Å². The monoisotopic (exact) mass is 330 g/mol. The number of urea groups is 1. The number of amides is 3. The van der Waals surface area contributed by atoms with Crippen LogP contribution >= 0.6 is 0 Å². The summed E-state index contributed by atoms with van der Waals surface area (Å²) in [5, 5.41) is 2.97. The summed E-state index contributed by atoms with van der Waals surface area (Å²) in [5.41, 5.74) is 1.76. The summed E-state index contributed by atoms with van der Waals surface area (Å²) >= 11 is 0. The molecule has 128 valence electrons. The van der Waals surface area contributed by atoms with E-state index in [2.05, 4.69) is 10.2 Å². The van der Waals surface area contributed by atoms with E-state index in [0.29, 0.717) is 32.7 Å². The molecule has 3 heterocycles. The van der Waals surface area contributed by atoms with Crippen molar-refractivity contribution >= 4 is 23.3 Å². The molecule has 1 aromatic carbocycles. The fourth-order valence-electron chi connectivity index (χ4n) is 3.68. The highest BCUT2D eigenvalue weighted by Gasteiger charge is 2.36. The number of anilines is 2. The molecule has 1 atom stereocenters. The summed E-state index contributed by atoms with van der Waals surface area (Å²) in [6.45, 7) is 3.35. The van der Waals surface area contributed by atoms with Gasteiger partial charge in [0.2, 0.25) is 5.91 Å². The van der Waals surface area contributed by atoms with Gasteiger partial charge in [-0.05, 0) is 24.6 Å². The van der Waals surface area contributed by atoms with E-state index < -0.39 is 0 Å². The van der Waals surface area contributed by atoms with Gasteiger partial charge in [-0.2, -0.15) is 0 Å². The first kappa shape index (κ1) is 15.1. The lowest BCUT2D eigenvalue weighted by molar-refractivity contribution is -0.130. The molecule has 7 nitrogen and oxygen atoms in total. The molecule has 1 N–H and O–H groups in total. The Morgan fingerprint density at radius 1 is 1.29 bits per heavy atom. The number of nitrogens with one attached hydrogen (secondary N) is 1. The second kappa shape index (κ2) is 5.89. The number of carbonyl (C=O) groups excluding carboxylic acids is 2. The predicted molar refractivity (Wildman–Crippen MR) is 90.5 cm³/mol. The minimum absolute atomic E-state index is 0.103. The molecule has 0 spiro atoms. The Balaban J connectivity index is 1.43. The van der Waals surface area contributed by atoms with Crippen LogP contribution in [0.15, 0.2) is 18.2 Å². The number of likely N-dealkylation sites (N-methyl/N-ethyl adjacent to an activating group) is 1. The van der Waals surface area contributed by atoms with Gasteiger partial charge >= 0.3 is 6.03 Å². The van der Waals surface area contributed by atoms with Crippen LogP contribution in [0, 0.1) is 0 Å². The van der Waals surface area contributed by atoms with Crippen molar-refractivity contribution in [3.05, 3.63) is 18.2 Å². The number of benzene rings is 1. The number of rotatable bonds is 1. The Hall–Kier alpha value is -2.44. The van der Waals surface area contributed by atoms with E-state index >= 15 is 0 Å². The van der Waals surface area contributed by atoms with Gasteiger partial charge in [0.05, 0.1) is 12.2 Å². The first-order valence-corrected chi connectivity index (χ1v) is 8.45. The molecule has 0 aliphatic carbocycles. The SMILES string of the molecule is CN1CCOc2ccc(NC(=O)N3CCN4C(=O)CCC4C3)cc21. The molecular weight excluding hydrogens is 308 g/mol. The van der Waals surface area contributed by atoms with E-state index in [-0.39, 0.29) is 18.0 Å². The van der Waals surface area contributed by atoms with Gasteiger partial charge < -0.3 is 24.8 Å². The maximum absolute atomic E-state index is 12.6. The van der Waals surface area contributed by atoms with Crippen LogP contribution in [0.3, 0.4) is 0 Å². The first-order valence-electron chi connectivity index (χ1n) is 8.45. The van der Waals surface area contributed by atoms with Crippen molar-refractivity contribution in [1.82, 2.24) is 9.80 Å². The zero-order valence-electron chi connectivity index (χ0n) is 13.8. The molecule has 0 aromatic heterocycles. The molecule has 7 heteroatoms. The Morgan fingerprint density at radius 3 is 3.04 bits per heavy atom. The normalized spacial score (nSPS) is 22.8. The predicted octanol–water partition coefficient (Wildman–Crippen LogP) is 1.35. The third kappa shape index (κ3) is 2.64. The van der Waals surface area contributed by atoms with E-state index in [0.717, 1.165) is 30.1 Å². The lowest BCUT2D eigenvalue weighted by atomic mass is 10.1. The van der Waals surface area contributed by atoms with E-state index in [1.165, 1.54) is 0 Å². The first-order chi connectivity index (χ1) is 11.6. The number of carbonyl (C=O) groups is 2. The van der Waals surface area contributed by atoms with Crippen LogP contribution < -0.4 is 15.0 Å². The van der Waals surface area contributed by atoms with E-state index in [1.54, 1.807) is 4.90 Å². The van der Waals surface area contributed by atoms with Gasteiger partial charge in [-0.15, -0.1) is 0 Å². The molecule has 2 saturated heterocycles. The molecule has 3 aliphatic rings. The van der Waals surface area contributed by atoms with Gasteiger partial charge in [-0.25, -0.2) is 4.79 Å². The van der Waals surface area contributed by atoms with Crippen molar-refractivity contribution in [1.29, 1.82) is 0 Å². The lowest BCUT2D eigenvalue weighted by Crippen LogP contribution is -2.54. The van der Waals surface area contributed by atoms with Crippen LogP contribution in [-0.4, -0.2) is 67.6 Å². The zero-order chi connectivity index (χ0) is 16.7. The van der Waals surface area contributed by atoms with Crippen molar-refractivity contribution in [2.45, 2.75) is 18.9 Å². The number of hydrogen-bond acceptors (Lipinski definition) is 4. The molecule has 3 aliphatic heterocycles. The Kier molecular flexibility index (Phi) is 3.70. The van der Waals surface area contributed by atoms with Crippen molar-refractivity contribution in [3.8, 4) is 5.75 Å². The number of piperazine rings is 1. The average Bonchev–Trinajstić information content (AvgIpc) is 2.96. The second-order valence-corrected chi connectivity index (χ2v) is 6.61. The highest BCUT2D eigenvalue weighted by atomic mass is 16.5. The van der Waals surface area contributed by atoms with E-state index in [9.17, 15) is 9.59 Å². The quantitative estimate of drug-likeness (QED) is 0.844. The van der Waals surface area contributed by atoms with Crippen LogP contribution in [0.2, 0.25) is 0 Å². The summed E-state index contributed by atoms with van der Waals surface area (Å²) in [5.74, 6) is 1.07. The van der Waals surface area contributed by atoms with Crippen molar-refractivity contribution in [3.63, 3.8) is 0 Å². The van der Waals surface area contributed by atoms with Crippen molar-refractivity contribution in [2.24, 2.45) is 0 Å². The smallest absolute Gasteiger partial charge is 0.321 e. The Morgan fingerprint density at radius 2 is 2.17 bits per heavy atom. The fraction of sp³-hybridized carbons (Fsp3) is 0.529. The highest BCUT2D eigenvalue weighted by molar-refractivity contribution is 5.91. The Labute approximate surface area is 141 Å². The standard InChI is InChI=1S/C17H22N4O3/c1-19-8-9-24-15-4-2-12(10-14(15)19)18-17(23)20-6-7-21-13(11-20)3-5-16(21)22/h2,4,10,13H,3,5-9,11H2,1H3,(H,18,23). The molecule has 0 bridgehead atoms. The summed E-state index contributed by atoms with van der Waals surface area (Å²) in [7, 11) is 2.02. The largest absolute Gasteiger partial charge is 0.490 e. The summed E-state index contributed by atoms with van der Waals surface area (Å²) in [6, 6.07) is 5.79. The zero-order valence-corrected chi connectivity index (χ0v) is 13.8. The molecule has 1 aromatic rings. The summed E-state index contributed by atoms with van der Waals surface area (Å²) in [4.78, 5) is 30.1. The molecule has 1 unspecified atom stereocenters. The minimum Gasteiger partial charge on any atom is -0.490 e. The van der Waals surface area contributed by atoms with Gasteiger partial charge in [-0.1, -0.05) is 0 Å². The van der Waals surface area contributed by atoms with Gasteiger partial charge in [0, 0.05) is 44.8 Å². The molecule has 0 saturated carbocycles. The van der Waals surface area contributed by atoms with Gasteiger partial charge in [0.25, 0.3) is 0 Å². The third-order valence-corrected chi connectivity index (χ3v) is 5.09. The molecular formula is C17H22N4O3. The van der Waals surface area contributed by atoms with E-state index in [4.69, 9.17) is 4.74 Å². The number of ether oxygens (including phenoxy) is 1. The maximum atomic E-state index is 12.6. The number of hydrogen-bond donors (Lipinski definition) is 1. The third-order valence-electron chi connectivity index (χ3n) is 5.09. The minimum atomic E-state index is -0.103. The topological polar surface area (TPSA) is 65.1 Å². The van der Waals surface area contributed by atoms with Crippen LogP contribution in [-0.2, 0) is 4.79 Å². The lowest BCUT2D eigenvalue weighted by Gasteiger charge is -2.37. The van der Waals surface area contributed by atoms with Gasteiger partial charge in [0.1, 0.15) is 12.4 Å². The maximum Gasteiger partial charge on any atom is 0.321 e. The summed E-state index contributed by atoms with van der Waals surface area (Å²) < 4.78 is 5.63. The Bertz CT molecular complexity index is 678. The second-order valence-electron chi connectivity index (χ2n) is 6.61.